The largest absolute Gasteiger partial charge is 0.243 e. The van der Waals surface area contributed by atoms with E-state index in [2.05, 4.69) is 0 Å². The quantitative estimate of drug-likeness (QED) is 0.824. The Bertz CT molecular complexity index is 742. The van der Waals surface area contributed by atoms with Crippen molar-refractivity contribution in [2.45, 2.75) is 30.3 Å². The molecule has 3 rings (SSSR count). The Hall–Kier alpha value is -0.950. The fourth-order valence-electron chi connectivity index (χ4n) is 2.11. The predicted molar refractivity (Wildman–Crippen MR) is 81.5 cm³/mol. The van der Waals surface area contributed by atoms with Crippen molar-refractivity contribution in [2.75, 3.05) is 0 Å². The molecule has 0 saturated heterocycles. The van der Waals surface area contributed by atoms with Crippen LogP contribution in [-0.4, -0.2) is 18.8 Å². The molecule has 1 aliphatic carbocycles. The maximum atomic E-state index is 13.2. The summed E-state index contributed by atoms with van der Waals surface area (Å²) in [6, 6.07) is 5.46. The maximum Gasteiger partial charge on any atom is 0.243 e. The van der Waals surface area contributed by atoms with Gasteiger partial charge in [0, 0.05) is 12.6 Å². The van der Waals surface area contributed by atoms with E-state index in [1.165, 1.54) is 27.8 Å². The zero-order valence-corrected chi connectivity index (χ0v) is 13.4. The van der Waals surface area contributed by atoms with Crippen LogP contribution in [0.5, 0.6) is 0 Å². The van der Waals surface area contributed by atoms with Gasteiger partial charge in [0.05, 0.1) is 9.92 Å². The van der Waals surface area contributed by atoms with E-state index in [1.54, 1.807) is 0 Å². The van der Waals surface area contributed by atoms with Crippen LogP contribution in [0.4, 0.5) is 4.39 Å². The van der Waals surface area contributed by atoms with Crippen molar-refractivity contribution in [3.63, 3.8) is 0 Å². The summed E-state index contributed by atoms with van der Waals surface area (Å²) in [6.07, 6.45) is 1.72. The molecule has 0 aliphatic heterocycles. The van der Waals surface area contributed by atoms with E-state index < -0.39 is 15.8 Å². The molecule has 1 aromatic heterocycles. The van der Waals surface area contributed by atoms with Crippen molar-refractivity contribution in [3.8, 4) is 0 Å². The molecule has 21 heavy (non-hydrogen) atoms. The van der Waals surface area contributed by atoms with Crippen molar-refractivity contribution in [1.82, 2.24) is 4.31 Å². The molecule has 1 saturated carbocycles. The summed E-state index contributed by atoms with van der Waals surface area (Å²) >= 11 is 7.24. The number of benzene rings is 1. The van der Waals surface area contributed by atoms with Crippen LogP contribution in [0.1, 0.15) is 18.4 Å². The third kappa shape index (κ3) is 3.13. The lowest BCUT2D eigenvalue weighted by atomic mass is 10.3. The van der Waals surface area contributed by atoms with Crippen molar-refractivity contribution >= 4 is 33.0 Å². The zero-order chi connectivity index (χ0) is 15.0. The van der Waals surface area contributed by atoms with Crippen LogP contribution in [0.15, 0.2) is 39.9 Å². The summed E-state index contributed by atoms with van der Waals surface area (Å²) < 4.78 is 40.2. The molecule has 0 spiro atoms. The smallest absolute Gasteiger partial charge is 0.207 e. The van der Waals surface area contributed by atoms with Crippen LogP contribution < -0.4 is 0 Å². The van der Waals surface area contributed by atoms with E-state index in [4.69, 9.17) is 11.6 Å². The van der Waals surface area contributed by atoms with Crippen LogP contribution in [-0.2, 0) is 16.6 Å². The molecule has 0 N–H and O–H groups in total. The second-order valence-electron chi connectivity index (χ2n) is 4.99. The molecule has 2 aromatic rings. The molecule has 112 valence electrons. The number of rotatable bonds is 5. The maximum absolute atomic E-state index is 13.2. The van der Waals surface area contributed by atoms with Crippen LogP contribution >= 0.6 is 22.9 Å². The van der Waals surface area contributed by atoms with Crippen molar-refractivity contribution < 1.29 is 12.8 Å². The van der Waals surface area contributed by atoms with E-state index >= 15 is 0 Å². The highest BCUT2D eigenvalue weighted by atomic mass is 35.5. The standard InChI is InChI=1S/C14H13ClFNO2S2/c15-13-7-12(3-4-14(13)16)21(18,19)17(11-1-2-11)8-10-5-6-20-9-10/h3-7,9,11H,1-2,8H2. The third-order valence-corrected chi connectivity index (χ3v) is 6.29. The van der Waals surface area contributed by atoms with E-state index in [0.717, 1.165) is 24.5 Å². The minimum absolute atomic E-state index is 0.0266. The fourth-order valence-corrected chi connectivity index (χ4v) is 4.71. The normalized spacial score (nSPS) is 15.6. The highest BCUT2D eigenvalue weighted by molar-refractivity contribution is 7.89. The highest BCUT2D eigenvalue weighted by Gasteiger charge is 2.38. The first-order valence-corrected chi connectivity index (χ1v) is 9.22. The molecule has 3 nitrogen and oxygen atoms in total. The molecule has 0 atom stereocenters. The molecule has 0 bridgehead atoms. The second kappa shape index (κ2) is 5.68. The molecule has 0 radical (unpaired) electrons. The summed E-state index contributed by atoms with van der Waals surface area (Å²) in [6.45, 7) is 0.339. The van der Waals surface area contributed by atoms with Gasteiger partial charge in [-0.15, -0.1) is 0 Å². The Balaban J connectivity index is 1.95. The van der Waals surface area contributed by atoms with Gasteiger partial charge in [0.25, 0.3) is 0 Å². The van der Waals surface area contributed by atoms with Gasteiger partial charge in [-0.2, -0.15) is 15.6 Å². The fraction of sp³-hybridized carbons (Fsp3) is 0.286. The van der Waals surface area contributed by atoms with Gasteiger partial charge in [-0.25, -0.2) is 12.8 Å². The number of sulfonamides is 1. The van der Waals surface area contributed by atoms with E-state index in [1.807, 2.05) is 16.8 Å². The Labute approximate surface area is 132 Å². The first-order chi connectivity index (χ1) is 9.98. The first-order valence-electron chi connectivity index (χ1n) is 6.46. The van der Waals surface area contributed by atoms with Gasteiger partial charge < -0.3 is 0 Å². The predicted octanol–water partition coefficient (Wildman–Crippen LogP) is 3.89. The van der Waals surface area contributed by atoms with Crippen molar-refractivity contribution in [3.05, 3.63) is 51.4 Å². The van der Waals surface area contributed by atoms with Gasteiger partial charge >= 0.3 is 0 Å². The molecular formula is C14H13ClFNO2S2. The molecule has 1 fully saturated rings. The van der Waals surface area contributed by atoms with Gasteiger partial charge in [-0.1, -0.05) is 11.6 Å². The van der Waals surface area contributed by atoms with Crippen LogP contribution in [0, 0.1) is 5.82 Å². The average molecular weight is 346 g/mol. The van der Waals surface area contributed by atoms with Crippen molar-refractivity contribution in [2.24, 2.45) is 0 Å². The lowest BCUT2D eigenvalue weighted by molar-refractivity contribution is 0.399. The Morgan fingerprint density at radius 3 is 2.67 bits per heavy atom. The van der Waals surface area contributed by atoms with E-state index in [9.17, 15) is 12.8 Å². The molecule has 0 unspecified atom stereocenters. The summed E-state index contributed by atoms with van der Waals surface area (Å²) in [5, 5.41) is 3.67. The minimum Gasteiger partial charge on any atom is -0.207 e. The lowest BCUT2D eigenvalue weighted by Gasteiger charge is -2.21. The summed E-state index contributed by atoms with van der Waals surface area (Å²) in [7, 11) is -3.67. The molecule has 1 heterocycles. The van der Waals surface area contributed by atoms with E-state index in [-0.39, 0.29) is 16.0 Å². The number of nitrogens with zero attached hydrogens (tertiary/aromatic N) is 1. The SMILES string of the molecule is O=S(=O)(c1ccc(F)c(Cl)c1)N(Cc1ccsc1)C1CC1. The first kappa shape index (κ1) is 15.0. The number of halogens is 2. The average Bonchev–Trinajstić information content (AvgIpc) is 3.15. The van der Waals surface area contributed by atoms with Crippen LogP contribution in [0.2, 0.25) is 5.02 Å². The summed E-state index contributed by atoms with van der Waals surface area (Å²) in [5.74, 6) is -0.619. The van der Waals surface area contributed by atoms with Crippen LogP contribution in [0.3, 0.4) is 0 Å². The lowest BCUT2D eigenvalue weighted by Crippen LogP contribution is -2.32. The highest BCUT2D eigenvalue weighted by Crippen LogP contribution is 2.34. The third-order valence-electron chi connectivity index (χ3n) is 3.37. The number of hydrogen-bond donors (Lipinski definition) is 0. The topological polar surface area (TPSA) is 37.4 Å². The monoisotopic (exact) mass is 345 g/mol. The Kier molecular flexibility index (Phi) is 4.05. The number of hydrogen-bond acceptors (Lipinski definition) is 3. The Morgan fingerprint density at radius 1 is 1.33 bits per heavy atom. The Morgan fingerprint density at radius 2 is 2.10 bits per heavy atom. The van der Waals surface area contributed by atoms with Gasteiger partial charge in [0.2, 0.25) is 10.0 Å². The summed E-state index contributed by atoms with van der Waals surface area (Å²) in [5.41, 5.74) is 0.962. The molecule has 0 amide bonds. The molecule has 1 aliphatic rings. The van der Waals surface area contributed by atoms with Crippen molar-refractivity contribution in [1.29, 1.82) is 0 Å². The van der Waals surface area contributed by atoms with Gasteiger partial charge in [-0.3, -0.25) is 0 Å². The van der Waals surface area contributed by atoms with Crippen LogP contribution in [0.25, 0.3) is 0 Å². The summed E-state index contributed by atoms with van der Waals surface area (Å²) in [4.78, 5) is 0.0380. The van der Waals surface area contributed by atoms with Gasteiger partial charge in [0.1, 0.15) is 5.82 Å². The minimum atomic E-state index is -3.67. The molecule has 1 aromatic carbocycles. The molecular weight excluding hydrogens is 333 g/mol. The van der Waals surface area contributed by atoms with Gasteiger partial charge in [0.15, 0.2) is 0 Å². The molecule has 7 heteroatoms. The zero-order valence-electron chi connectivity index (χ0n) is 11.0. The number of thiophene rings is 1. The van der Waals surface area contributed by atoms with E-state index in [0.29, 0.717) is 6.54 Å². The van der Waals surface area contributed by atoms with Gasteiger partial charge in [-0.05, 0) is 53.4 Å². The second-order valence-corrected chi connectivity index (χ2v) is 8.07.